The first-order valence-corrected chi connectivity index (χ1v) is 17.9. The van der Waals surface area contributed by atoms with E-state index in [2.05, 4.69) is 215 Å². The molecule has 0 radical (unpaired) electrons. The summed E-state index contributed by atoms with van der Waals surface area (Å²) in [7, 11) is 0. The number of aromatic nitrogens is 2. The predicted molar refractivity (Wildman–Crippen MR) is 221 cm³/mol. The van der Waals surface area contributed by atoms with Gasteiger partial charge in [-0.15, -0.1) is 0 Å². The fraction of sp³-hybridized carbons (Fsp3) is 0. The summed E-state index contributed by atoms with van der Waals surface area (Å²) in [5.74, 6) is 0. The molecule has 2 aromatic heterocycles. The quantitative estimate of drug-likeness (QED) is 0.157. The number of fused-ring (bicyclic) bond motifs is 6. The molecule has 0 spiro atoms. The minimum Gasteiger partial charge on any atom is -0.309 e. The van der Waals surface area contributed by atoms with E-state index in [0.717, 1.165) is 0 Å². The number of hydrogen-bond donors (Lipinski definition) is 0. The molecule has 0 N–H and O–H groups in total. The average Bonchev–Trinajstić information content (AvgIpc) is 3.74. The van der Waals surface area contributed by atoms with Crippen molar-refractivity contribution in [2.24, 2.45) is 0 Å². The van der Waals surface area contributed by atoms with Crippen LogP contribution in [0.3, 0.4) is 0 Å². The molecule has 0 amide bonds. The summed E-state index contributed by atoms with van der Waals surface area (Å²) in [6.07, 6.45) is 4.38. The van der Waals surface area contributed by atoms with E-state index >= 15 is 0 Å². The van der Waals surface area contributed by atoms with Crippen LogP contribution in [-0.2, 0) is 0 Å². The van der Waals surface area contributed by atoms with Crippen molar-refractivity contribution in [2.45, 2.75) is 0 Å². The van der Waals surface area contributed by atoms with Crippen LogP contribution in [0, 0.1) is 0 Å². The van der Waals surface area contributed by atoms with Crippen LogP contribution in [0.25, 0.3) is 89.4 Å². The molecule has 0 bridgehead atoms. The van der Waals surface area contributed by atoms with Crippen LogP contribution in [0.1, 0.15) is 11.1 Å². The van der Waals surface area contributed by atoms with Gasteiger partial charge in [0.2, 0.25) is 0 Å². The predicted octanol–water partition coefficient (Wildman–Crippen LogP) is 13.4. The summed E-state index contributed by atoms with van der Waals surface area (Å²) in [6, 6.07) is 70.0. The van der Waals surface area contributed by atoms with Crippen molar-refractivity contribution >= 4 is 55.8 Å². The monoisotopic (exact) mass is 662 g/mol. The summed E-state index contributed by atoms with van der Waals surface area (Å²) in [4.78, 5) is 0. The first kappa shape index (κ1) is 30.0. The Labute approximate surface area is 302 Å². The Morgan fingerprint density at radius 3 is 1.13 bits per heavy atom. The molecule has 0 saturated heterocycles. The van der Waals surface area contributed by atoms with Crippen LogP contribution in [0.15, 0.2) is 194 Å². The lowest BCUT2D eigenvalue weighted by atomic mass is 10.0. The smallest absolute Gasteiger partial charge is 0.0541 e. The molecule has 2 heterocycles. The molecule has 52 heavy (non-hydrogen) atoms. The van der Waals surface area contributed by atoms with E-state index in [1.54, 1.807) is 0 Å². The standard InChI is InChI=1S/C50H34N2/c1-6-16-46(52-49-19-9-4-14-44(49)45-15-5-10-20-50(45)52)41(11-1)39-29-25-36(26-30-39)22-21-35-23-27-37(28-24-35)38-31-33-40(34-32-38)51-47-17-7-2-12-42(47)43-13-3-8-18-48(43)51/h1-34H/b22-21+. The topological polar surface area (TPSA) is 9.86 Å². The lowest BCUT2D eigenvalue weighted by molar-refractivity contribution is 1.18. The van der Waals surface area contributed by atoms with Crippen LogP contribution in [0.4, 0.5) is 0 Å². The van der Waals surface area contributed by atoms with Crippen LogP contribution in [0.5, 0.6) is 0 Å². The van der Waals surface area contributed by atoms with Gasteiger partial charge in [0, 0.05) is 32.8 Å². The van der Waals surface area contributed by atoms with Gasteiger partial charge in [0.25, 0.3) is 0 Å². The second-order valence-electron chi connectivity index (χ2n) is 13.4. The maximum atomic E-state index is 2.40. The molecule has 0 saturated carbocycles. The third-order valence-corrected chi connectivity index (χ3v) is 10.4. The Hall–Kier alpha value is -6.90. The van der Waals surface area contributed by atoms with Crippen molar-refractivity contribution in [3.63, 3.8) is 0 Å². The minimum atomic E-state index is 1.17. The molecule has 0 unspecified atom stereocenters. The second kappa shape index (κ2) is 12.5. The molecule has 2 heteroatoms. The molecule has 2 nitrogen and oxygen atoms in total. The number of benzene rings is 8. The van der Waals surface area contributed by atoms with E-state index < -0.39 is 0 Å². The Bertz CT molecular complexity index is 2810. The Morgan fingerprint density at radius 1 is 0.288 bits per heavy atom. The number of nitrogens with zero attached hydrogens (tertiary/aromatic N) is 2. The normalized spacial score (nSPS) is 11.8. The molecule has 0 aliphatic heterocycles. The van der Waals surface area contributed by atoms with E-state index in [9.17, 15) is 0 Å². The number of hydrogen-bond acceptors (Lipinski definition) is 0. The molecule has 8 aromatic carbocycles. The van der Waals surface area contributed by atoms with Gasteiger partial charge in [-0.2, -0.15) is 0 Å². The fourth-order valence-corrected chi connectivity index (χ4v) is 7.85. The van der Waals surface area contributed by atoms with E-state index in [-0.39, 0.29) is 0 Å². The van der Waals surface area contributed by atoms with Crippen LogP contribution < -0.4 is 0 Å². The van der Waals surface area contributed by atoms with Crippen molar-refractivity contribution in [1.82, 2.24) is 9.13 Å². The summed E-state index contributed by atoms with van der Waals surface area (Å²) in [5.41, 5.74) is 14.4. The third-order valence-electron chi connectivity index (χ3n) is 10.4. The lowest BCUT2D eigenvalue weighted by Crippen LogP contribution is -1.96. The van der Waals surface area contributed by atoms with E-state index in [1.807, 2.05) is 0 Å². The highest BCUT2D eigenvalue weighted by atomic mass is 15.0. The van der Waals surface area contributed by atoms with Gasteiger partial charge in [-0.3, -0.25) is 0 Å². The van der Waals surface area contributed by atoms with Crippen molar-refractivity contribution in [3.05, 3.63) is 205 Å². The molecule has 0 aliphatic rings. The Kier molecular flexibility index (Phi) is 7.18. The second-order valence-corrected chi connectivity index (χ2v) is 13.4. The van der Waals surface area contributed by atoms with Crippen molar-refractivity contribution < 1.29 is 0 Å². The zero-order valence-corrected chi connectivity index (χ0v) is 28.5. The van der Waals surface area contributed by atoms with E-state index in [1.165, 1.54) is 88.4 Å². The maximum absolute atomic E-state index is 2.40. The van der Waals surface area contributed by atoms with Crippen LogP contribution >= 0.6 is 0 Å². The van der Waals surface area contributed by atoms with Gasteiger partial charge in [-0.1, -0.05) is 164 Å². The summed E-state index contributed by atoms with van der Waals surface area (Å²) >= 11 is 0. The van der Waals surface area contributed by atoms with E-state index in [4.69, 9.17) is 0 Å². The van der Waals surface area contributed by atoms with Gasteiger partial charge < -0.3 is 9.13 Å². The minimum absolute atomic E-state index is 1.17. The first-order valence-electron chi connectivity index (χ1n) is 17.9. The molecule has 244 valence electrons. The van der Waals surface area contributed by atoms with Gasteiger partial charge in [-0.05, 0) is 70.3 Å². The Balaban J connectivity index is 0.892. The molecule has 0 aliphatic carbocycles. The van der Waals surface area contributed by atoms with E-state index in [0.29, 0.717) is 0 Å². The van der Waals surface area contributed by atoms with Crippen molar-refractivity contribution in [1.29, 1.82) is 0 Å². The zero-order valence-electron chi connectivity index (χ0n) is 28.5. The van der Waals surface area contributed by atoms with Gasteiger partial charge in [0.1, 0.15) is 0 Å². The highest BCUT2D eigenvalue weighted by molar-refractivity contribution is 6.10. The van der Waals surface area contributed by atoms with Crippen molar-refractivity contribution in [3.8, 4) is 33.6 Å². The molecule has 0 fully saturated rings. The molecule has 10 aromatic rings. The zero-order chi connectivity index (χ0) is 34.4. The van der Waals surface area contributed by atoms with Crippen molar-refractivity contribution in [2.75, 3.05) is 0 Å². The average molecular weight is 663 g/mol. The summed E-state index contributed by atoms with van der Waals surface area (Å²) < 4.78 is 4.76. The highest BCUT2D eigenvalue weighted by Crippen LogP contribution is 2.36. The first-order chi connectivity index (χ1) is 25.8. The molecule has 0 atom stereocenters. The Morgan fingerprint density at radius 2 is 0.654 bits per heavy atom. The highest BCUT2D eigenvalue weighted by Gasteiger charge is 2.15. The SMILES string of the molecule is C(=C\c1ccc(-c2ccccc2-n2c3ccccc3c3ccccc32)cc1)/c1ccc(-c2ccc(-n3c4ccccc4c4ccccc43)cc2)cc1. The fourth-order valence-electron chi connectivity index (χ4n) is 7.85. The lowest BCUT2D eigenvalue weighted by Gasteiger charge is -2.14. The number of rotatable bonds is 6. The largest absolute Gasteiger partial charge is 0.309 e. The van der Waals surface area contributed by atoms with Gasteiger partial charge >= 0.3 is 0 Å². The summed E-state index contributed by atoms with van der Waals surface area (Å²) in [5, 5.41) is 5.11. The van der Waals surface area contributed by atoms with Gasteiger partial charge in [0.05, 0.1) is 27.8 Å². The van der Waals surface area contributed by atoms with Crippen LogP contribution in [0.2, 0.25) is 0 Å². The third kappa shape index (κ3) is 5.04. The molecular formula is C50H34N2. The summed E-state index contributed by atoms with van der Waals surface area (Å²) in [6.45, 7) is 0. The maximum Gasteiger partial charge on any atom is 0.0541 e. The van der Waals surface area contributed by atoms with Gasteiger partial charge in [0.15, 0.2) is 0 Å². The number of para-hydroxylation sites is 5. The molecule has 10 rings (SSSR count). The van der Waals surface area contributed by atoms with Crippen LogP contribution in [-0.4, -0.2) is 9.13 Å². The molecular weight excluding hydrogens is 629 g/mol. The van der Waals surface area contributed by atoms with Gasteiger partial charge in [-0.25, -0.2) is 0 Å².